The Bertz CT molecular complexity index is 1860. The number of Topliss-reactive ketones (excluding diaryl/α,β-unsaturated/α-hetero) is 1. The first-order chi connectivity index (χ1) is 21.0. The third-order valence-electron chi connectivity index (χ3n) is 7.89. The number of nitrogens with zero attached hydrogens (tertiary/aromatic N) is 2. The summed E-state index contributed by atoms with van der Waals surface area (Å²) in [5, 5.41) is 3.31. The summed E-state index contributed by atoms with van der Waals surface area (Å²) < 4.78 is 81.5. The van der Waals surface area contributed by atoms with E-state index in [-0.39, 0.29) is 11.3 Å². The number of carbonyl (C=O) groups excluding carboxylic acids is 1. The molecule has 1 saturated heterocycles. The SMILES string of the molecule is O=C(C1=Cc2ccccc2[C@@H]2NN3C(c4cccc(C(F)(F)F)c4)=Cc4ccccc4[C@@H]3NN12)c1cccc(C(F)(F)F)c1. The average Bonchev–Trinajstić information content (AvgIpc) is 3.02. The van der Waals surface area contributed by atoms with E-state index in [0.717, 1.165) is 41.0 Å². The molecule has 3 aliphatic rings. The van der Waals surface area contributed by atoms with Crippen LogP contribution in [-0.2, 0) is 12.4 Å². The van der Waals surface area contributed by atoms with Crippen LogP contribution in [0.15, 0.2) is 103 Å². The van der Waals surface area contributed by atoms with E-state index in [1.165, 1.54) is 18.2 Å². The maximum Gasteiger partial charge on any atom is 0.416 e. The van der Waals surface area contributed by atoms with Gasteiger partial charge in [0.05, 0.1) is 16.8 Å². The molecule has 0 unspecified atom stereocenters. The molecule has 4 aromatic carbocycles. The molecule has 1 fully saturated rings. The number of allylic oxidation sites excluding steroid dienone is 1. The number of ketones is 1. The highest BCUT2D eigenvalue weighted by molar-refractivity contribution is 6.11. The van der Waals surface area contributed by atoms with Gasteiger partial charge in [-0.1, -0.05) is 72.8 Å². The second-order valence-electron chi connectivity index (χ2n) is 10.6. The molecule has 0 aromatic heterocycles. The molecule has 11 heteroatoms. The molecule has 0 aliphatic carbocycles. The molecular weight excluding hydrogens is 582 g/mol. The van der Waals surface area contributed by atoms with Crippen LogP contribution in [0.4, 0.5) is 26.3 Å². The predicted octanol–water partition coefficient (Wildman–Crippen LogP) is 7.80. The molecule has 222 valence electrons. The maximum absolute atomic E-state index is 13.9. The van der Waals surface area contributed by atoms with Crippen LogP contribution in [0, 0.1) is 0 Å². The van der Waals surface area contributed by atoms with Crippen LogP contribution in [0.5, 0.6) is 0 Å². The molecule has 0 amide bonds. The molecule has 5 nitrogen and oxygen atoms in total. The topological polar surface area (TPSA) is 47.6 Å². The van der Waals surface area contributed by atoms with Crippen LogP contribution in [0.1, 0.15) is 61.6 Å². The Morgan fingerprint density at radius 2 is 1.16 bits per heavy atom. The van der Waals surface area contributed by atoms with E-state index in [1.807, 2.05) is 36.4 Å². The van der Waals surface area contributed by atoms with Crippen LogP contribution in [0.3, 0.4) is 0 Å². The number of nitrogens with one attached hydrogen (secondary N) is 2. The minimum absolute atomic E-state index is 0.104. The summed E-state index contributed by atoms with van der Waals surface area (Å²) in [6.07, 6.45) is -7.19. The molecule has 2 atom stereocenters. The van der Waals surface area contributed by atoms with Crippen molar-refractivity contribution in [1.82, 2.24) is 20.9 Å². The van der Waals surface area contributed by atoms with Crippen LogP contribution < -0.4 is 10.9 Å². The number of rotatable bonds is 3. The number of alkyl halides is 6. The van der Waals surface area contributed by atoms with E-state index in [0.29, 0.717) is 16.8 Å². The molecule has 0 bridgehead atoms. The van der Waals surface area contributed by atoms with Gasteiger partial charge < -0.3 is 0 Å². The molecule has 4 aromatic rings. The van der Waals surface area contributed by atoms with Crippen molar-refractivity contribution in [3.8, 4) is 0 Å². The first-order valence-electron chi connectivity index (χ1n) is 13.6. The highest BCUT2D eigenvalue weighted by Gasteiger charge is 2.44. The van der Waals surface area contributed by atoms with Crippen LogP contribution in [0.2, 0.25) is 0 Å². The molecule has 0 saturated carbocycles. The summed E-state index contributed by atoms with van der Waals surface area (Å²) in [4.78, 5) is 13.9. The first kappa shape index (κ1) is 27.9. The van der Waals surface area contributed by atoms with E-state index < -0.39 is 41.6 Å². The molecular formula is C33H22F6N4O. The third-order valence-corrected chi connectivity index (χ3v) is 7.89. The lowest BCUT2D eigenvalue weighted by molar-refractivity contribution is -0.138. The van der Waals surface area contributed by atoms with Crippen molar-refractivity contribution in [3.63, 3.8) is 0 Å². The molecule has 3 heterocycles. The molecule has 2 N–H and O–H groups in total. The monoisotopic (exact) mass is 604 g/mol. The van der Waals surface area contributed by atoms with Gasteiger partial charge in [-0.3, -0.25) is 14.8 Å². The van der Waals surface area contributed by atoms with Gasteiger partial charge >= 0.3 is 12.4 Å². The van der Waals surface area contributed by atoms with Crippen molar-refractivity contribution in [2.75, 3.05) is 0 Å². The largest absolute Gasteiger partial charge is 0.416 e. The Morgan fingerprint density at radius 1 is 0.614 bits per heavy atom. The summed E-state index contributed by atoms with van der Waals surface area (Å²) >= 11 is 0. The lowest BCUT2D eigenvalue weighted by Crippen LogP contribution is -2.64. The lowest BCUT2D eigenvalue weighted by Gasteiger charge is -2.53. The highest BCUT2D eigenvalue weighted by Crippen LogP contribution is 2.44. The van der Waals surface area contributed by atoms with Gasteiger partial charge in [0.25, 0.3) is 0 Å². The summed E-state index contributed by atoms with van der Waals surface area (Å²) in [6.45, 7) is 0. The first-order valence-corrected chi connectivity index (χ1v) is 13.6. The Morgan fingerprint density at radius 3 is 1.82 bits per heavy atom. The van der Waals surface area contributed by atoms with Gasteiger partial charge in [-0.25, -0.2) is 10.9 Å². The zero-order chi connectivity index (χ0) is 30.8. The number of fused-ring (bicyclic) bond motifs is 6. The fourth-order valence-electron chi connectivity index (χ4n) is 5.82. The van der Waals surface area contributed by atoms with Gasteiger partial charge in [-0.15, -0.1) is 0 Å². The summed E-state index contributed by atoms with van der Waals surface area (Å²) in [5.41, 5.74) is 8.74. The average molecular weight is 605 g/mol. The standard InChI is InChI=1S/C33H22F6N4O/c34-32(35,36)23-11-5-9-21(15-23)27-17-19-7-1-3-13-25(19)30-41-43-28(29(44)22-10-6-12-24(16-22)33(37,38)39)18-20-8-2-4-14-26(20)31(43)40-42(27)30/h1-18,30-31,40-41H/t30-,31-/m1/s1. The number of halogens is 6. The zero-order valence-corrected chi connectivity index (χ0v) is 22.6. The lowest BCUT2D eigenvalue weighted by atomic mass is 9.93. The summed E-state index contributed by atoms with van der Waals surface area (Å²) in [7, 11) is 0. The van der Waals surface area contributed by atoms with Crippen molar-refractivity contribution in [3.05, 3.63) is 147 Å². The Labute approximate surface area is 247 Å². The molecule has 7 rings (SSSR count). The predicted molar refractivity (Wildman–Crippen MR) is 151 cm³/mol. The summed E-state index contributed by atoms with van der Waals surface area (Å²) in [6, 6.07) is 23.9. The quantitative estimate of drug-likeness (QED) is 0.185. The van der Waals surface area contributed by atoms with E-state index in [2.05, 4.69) is 10.9 Å². The van der Waals surface area contributed by atoms with Gasteiger partial charge in [-0.2, -0.15) is 26.3 Å². The van der Waals surface area contributed by atoms with Crippen LogP contribution in [0.25, 0.3) is 17.8 Å². The number of carbonyl (C=O) groups is 1. The molecule has 0 spiro atoms. The smallest absolute Gasteiger partial charge is 0.287 e. The van der Waals surface area contributed by atoms with Gasteiger partial charge in [0, 0.05) is 5.56 Å². The fraction of sp³-hybridized carbons (Fsp3) is 0.121. The number of hydrogen-bond acceptors (Lipinski definition) is 5. The highest BCUT2D eigenvalue weighted by atomic mass is 19.4. The van der Waals surface area contributed by atoms with E-state index >= 15 is 0 Å². The van der Waals surface area contributed by atoms with Gasteiger partial charge in [-0.05, 0) is 64.2 Å². The number of hydrogen-bond donors (Lipinski definition) is 2. The maximum atomic E-state index is 13.9. The molecule has 0 radical (unpaired) electrons. The van der Waals surface area contributed by atoms with Gasteiger partial charge in [0.15, 0.2) is 0 Å². The van der Waals surface area contributed by atoms with E-state index in [4.69, 9.17) is 0 Å². The van der Waals surface area contributed by atoms with Gasteiger partial charge in [0.1, 0.15) is 18.0 Å². The van der Waals surface area contributed by atoms with Crippen molar-refractivity contribution >= 4 is 23.6 Å². The van der Waals surface area contributed by atoms with Crippen LogP contribution >= 0.6 is 0 Å². The minimum atomic E-state index is -4.63. The summed E-state index contributed by atoms with van der Waals surface area (Å²) in [5.74, 6) is -0.629. The van der Waals surface area contributed by atoms with E-state index in [1.54, 1.807) is 40.4 Å². The molecule has 3 aliphatic heterocycles. The van der Waals surface area contributed by atoms with Crippen molar-refractivity contribution < 1.29 is 31.1 Å². The van der Waals surface area contributed by atoms with Gasteiger partial charge in [0.2, 0.25) is 5.78 Å². The third kappa shape index (κ3) is 4.74. The van der Waals surface area contributed by atoms with Crippen molar-refractivity contribution in [2.24, 2.45) is 0 Å². The fourth-order valence-corrected chi connectivity index (χ4v) is 5.82. The Balaban J connectivity index is 1.34. The zero-order valence-electron chi connectivity index (χ0n) is 22.6. The van der Waals surface area contributed by atoms with Crippen LogP contribution in [-0.4, -0.2) is 15.8 Å². The normalized spacial score (nSPS) is 19.2. The second-order valence-corrected chi connectivity index (χ2v) is 10.6. The van der Waals surface area contributed by atoms with Crippen molar-refractivity contribution in [1.29, 1.82) is 0 Å². The Hall–Kier alpha value is -4.87. The van der Waals surface area contributed by atoms with Crippen molar-refractivity contribution in [2.45, 2.75) is 24.7 Å². The van der Waals surface area contributed by atoms with E-state index in [9.17, 15) is 31.1 Å². The Kier molecular flexibility index (Phi) is 6.41. The number of hydrazine groups is 2. The minimum Gasteiger partial charge on any atom is -0.287 e. The molecule has 44 heavy (non-hydrogen) atoms. The number of benzene rings is 4. The second kappa shape index (κ2) is 10.1.